The van der Waals surface area contributed by atoms with Gasteiger partial charge in [-0.1, -0.05) is 60.7 Å². The standard InChI is InChI=1S/C25H24N2O/c1-28-22-16-13-21(14-17-22)15-18-25-26-23-11-5-6-12-24(23)27(25)19-7-10-20-8-3-2-4-9-20/h2-6,8-9,11-18H,7,10,19H2,1H3/b18-15+. The number of hydrogen-bond donors (Lipinski definition) is 0. The van der Waals surface area contributed by atoms with E-state index in [4.69, 9.17) is 9.72 Å². The van der Waals surface area contributed by atoms with E-state index in [-0.39, 0.29) is 0 Å². The Bertz CT molecular complexity index is 1060. The van der Waals surface area contributed by atoms with E-state index in [9.17, 15) is 0 Å². The lowest BCUT2D eigenvalue weighted by molar-refractivity contribution is 0.415. The van der Waals surface area contributed by atoms with E-state index in [1.807, 2.05) is 18.2 Å². The summed E-state index contributed by atoms with van der Waals surface area (Å²) in [5.41, 5.74) is 4.73. The summed E-state index contributed by atoms with van der Waals surface area (Å²) in [7, 11) is 1.68. The van der Waals surface area contributed by atoms with Crippen LogP contribution in [0, 0.1) is 0 Å². The van der Waals surface area contributed by atoms with E-state index < -0.39 is 0 Å². The van der Waals surface area contributed by atoms with Crippen molar-refractivity contribution in [1.29, 1.82) is 0 Å². The van der Waals surface area contributed by atoms with Crippen LogP contribution < -0.4 is 4.74 Å². The van der Waals surface area contributed by atoms with E-state index in [0.29, 0.717) is 0 Å². The Hall–Kier alpha value is -3.33. The molecule has 1 heterocycles. The molecule has 0 aliphatic rings. The highest BCUT2D eigenvalue weighted by molar-refractivity contribution is 5.79. The largest absolute Gasteiger partial charge is 0.497 e. The number of rotatable bonds is 7. The van der Waals surface area contributed by atoms with Crippen molar-refractivity contribution >= 4 is 23.2 Å². The fraction of sp³-hybridized carbons (Fsp3) is 0.160. The Kier molecular flexibility index (Phi) is 5.53. The van der Waals surface area contributed by atoms with Crippen LogP contribution in [0.5, 0.6) is 5.75 Å². The third-order valence-electron chi connectivity index (χ3n) is 4.91. The van der Waals surface area contributed by atoms with Crippen LogP contribution in [0.3, 0.4) is 0 Å². The molecule has 0 unspecified atom stereocenters. The maximum atomic E-state index is 5.23. The van der Waals surface area contributed by atoms with Gasteiger partial charge in [0.15, 0.2) is 0 Å². The molecule has 0 aliphatic carbocycles. The van der Waals surface area contributed by atoms with Gasteiger partial charge in [-0.3, -0.25) is 0 Å². The monoisotopic (exact) mass is 368 g/mol. The van der Waals surface area contributed by atoms with E-state index >= 15 is 0 Å². The van der Waals surface area contributed by atoms with E-state index in [2.05, 4.69) is 77.4 Å². The second-order valence-electron chi connectivity index (χ2n) is 6.81. The zero-order valence-corrected chi connectivity index (χ0v) is 16.1. The van der Waals surface area contributed by atoms with Gasteiger partial charge in [0, 0.05) is 6.54 Å². The van der Waals surface area contributed by atoms with Gasteiger partial charge in [0.05, 0.1) is 18.1 Å². The molecule has 3 nitrogen and oxygen atoms in total. The Balaban J connectivity index is 1.56. The summed E-state index contributed by atoms with van der Waals surface area (Å²) >= 11 is 0. The molecule has 0 saturated heterocycles. The predicted molar refractivity (Wildman–Crippen MR) is 116 cm³/mol. The summed E-state index contributed by atoms with van der Waals surface area (Å²) in [5.74, 6) is 1.86. The zero-order chi connectivity index (χ0) is 19.2. The lowest BCUT2D eigenvalue weighted by Crippen LogP contribution is -2.02. The summed E-state index contributed by atoms with van der Waals surface area (Å²) in [5, 5.41) is 0. The van der Waals surface area contributed by atoms with Gasteiger partial charge in [0.2, 0.25) is 0 Å². The fourth-order valence-electron chi connectivity index (χ4n) is 3.43. The average Bonchev–Trinajstić information content (AvgIpc) is 3.11. The van der Waals surface area contributed by atoms with Crippen molar-refractivity contribution in [2.75, 3.05) is 7.11 Å². The topological polar surface area (TPSA) is 27.1 Å². The molecule has 0 bridgehead atoms. The number of aromatic nitrogens is 2. The molecule has 0 saturated carbocycles. The minimum Gasteiger partial charge on any atom is -0.497 e. The van der Waals surface area contributed by atoms with Crippen molar-refractivity contribution < 1.29 is 4.74 Å². The van der Waals surface area contributed by atoms with Crippen LogP contribution in [0.25, 0.3) is 23.2 Å². The van der Waals surface area contributed by atoms with Crippen molar-refractivity contribution in [3.63, 3.8) is 0 Å². The molecule has 28 heavy (non-hydrogen) atoms. The second-order valence-corrected chi connectivity index (χ2v) is 6.81. The van der Waals surface area contributed by atoms with Crippen LogP contribution >= 0.6 is 0 Å². The molecule has 4 aromatic rings. The van der Waals surface area contributed by atoms with Crippen LogP contribution in [-0.4, -0.2) is 16.7 Å². The van der Waals surface area contributed by atoms with Gasteiger partial charge >= 0.3 is 0 Å². The van der Waals surface area contributed by atoms with Gasteiger partial charge in [0.1, 0.15) is 11.6 Å². The average molecular weight is 368 g/mol. The third kappa shape index (κ3) is 4.15. The van der Waals surface area contributed by atoms with Crippen LogP contribution in [0.1, 0.15) is 23.4 Å². The maximum Gasteiger partial charge on any atom is 0.133 e. The smallest absolute Gasteiger partial charge is 0.133 e. The SMILES string of the molecule is COc1ccc(/C=C/c2nc3ccccc3n2CCCc2ccccc2)cc1. The Labute approximate surface area is 165 Å². The van der Waals surface area contributed by atoms with Gasteiger partial charge in [-0.25, -0.2) is 4.98 Å². The zero-order valence-electron chi connectivity index (χ0n) is 16.1. The van der Waals surface area contributed by atoms with Gasteiger partial charge in [-0.05, 0) is 54.3 Å². The van der Waals surface area contributed by atoms with Crippen molar-refractivity contribution in [1.82, 2.24) is 9.55 Å². The second kappa shape index (κ2) is 8.57. The van der Waals surface area contributed by atoms with E-state index in [1.54, 1.807) is 7.11 Å². The van der Waals surface area contributed by atoms with Crippen LogP contribution in [0.2, 0.25) is 0 Å². The summed E-state index contributed by atoms with van der Waals surface area (Å²) < 4.78 is 7.55. The van der Waals surface area contributed by atoms with Crippen LogP contribution in [0.15, 0.2) is 78.9 Å². The summed E-state index contributed by atoms with van der Waals surface area (Å²) in [6.45, 7) is 0.942. The Morgan fingerprint density at radius 2 is 1.61 bits per heavy atom. The minimum atomic E-state index is 0.866. The lowest BCUT2D eigenvalue weighted by Gasteiger charge is -2.07. The summed E-state index contributed by atoms with van der Waals surface area (Å²) in [6, 6.07) is 27.1. The number of para-hydroxylation sites is 2. The van der Waals surface area contributed by atoms with E-state index in [1.165, 1.54) is 11.1 Å². The lowest BCUT2D eigenvalue weighted by atomic mass is 10.1. The van der Waals surface area contributed by atoms with Crippen molar-refractivity contribution in [3.8, 4) is 5.75 Å². The number of hydrogen-bond acceptors (Lipinski definition) is 2. The Morgan fingerprint density at radius 1 is 0.857 bits per heavy atom. The number of fused-ring (bicyclic) bond motifs is 1. The van der Waals surface area contributed by atoms with Crippen molar-refractivity contribution in [2.24, 2.45) is 0 Å². The van der Waals surface area contributed by atoms with Gasteiger partial charge in [0.25, 0.3) is 0 Å². The summed E-state index contributed by atoms with van der Waals surface area (Å²) in [6.07, 6.45) is 6.35. The first-order valence-electron chi connectivity index (χ1n) is 9.65. The first-order chi connectivity index (χ1) is 13.8. The molecule has 0 N–H and O–H groups in total. The number of methoxy groups -OCH3 is 1. The van der Waals surface area contributed by atoms with Crippen LogP contribution in [0.4, 0.5) is 0 Å². The van der Waals surface area contributed by atoms with Crippen molar-refractivity contribution in [2.45, 2.75) is 19.4 Å². The molecule has 0 radical (unpaired) electrons. The molecule has 140 valence electrons. The third-order valence-corrected chi connectivity index (χ3v) is 4.91. The maximum absolute atomic E-state index is 5.23. The molecule has 0 atom stereocenters. The first kappa shape index (κ1) is 18.1. The molecule has 0 amide bonds. The van der Waals surface area contributed by atoms with Gasteiger partial charge < -0.3 is 9.30 Å². The van der Waals surface area contributed by atoms with Crippen LogP contribution in [-0.2, 0) is 13.0 Å². The molecule has 4 rings (SSSR count). The van der Waals surface area contributed by atoms with Crippen molar-refractivity contribution in [3.05, 3.63) is 95.8 Å². The molecule has 0 spiro atoms. The number of benzene rings is 3. The Morgan fingerprint density at radius 3 is 2.39 bits per heavy atom. The highest BCUT2D eigenvalue weighted by Gasteiger charge is 2.08. The molecule has 3 heteroatoms. The number of imidazole rings is 1. The summed E-state index contributed by atoms with van der Waals surface area (Å²) in [4.78, 5) is 4.84. The molecular formula is C25H24N2O. The quantitative estimate of drug-likeness (QED) is 0.409. The predicted octanol–water partition coefficient (Wildman–Crippen LogP) is 5.85. The minimum absolute atomic E-state index is 0.866. The molecule has 3 aromatic carbocycles. The normalized spacial score (nSPS) is 11.3. The number of aryl methyl sites for hydroxylation is 2. The first-order valence-corrected chi connectivity index (χ1v) is 9.65. The molecule has 1 aromatic heterocycles. The number of nitrogens with zero attached hydrogens (tertiary/aromatic N) is 2. The van der Waals surface area contributed by atoms with E-state index in [0.717, 1.165) is 42.0 Å². The highest BCUT2D eigenvalue weighted by Crippen LogP contribution is 2.20. The number of ether oxygens (including phenoxy) is 1. The molecule has 0 fully saturated rings. The van der Waals surface area contributed by atoms with Gasteiger partial charge in [-0.15, -0.1) is 0 Å². The van der Waals surface area contributed by atoms with Gasteiger partial charge in [-0.2, -0.15) is 0 Å². The molecule has 0 aliphatic heterocycles. The highest BCUT2D eigenvalue weighted by atomic mass is 16.5. The fourth-order valence-corrected chi connectivity index (χ4v) is 3.43. The molecular weight excluding hydrogens is 344 g/mol.